The summed E-state index contributed by atoms with van der Waals surface area (Å²) in [7, 11) is 2.00. The van der Waals surface area contributed by atoms with E-state index in [-0.39, 0.29) is 0 Å². The highest BCUT2D eigenvalue weighted by Crippen LogP contribution is 2.28. The number of hydrogen-bond donors (Lipinski definition) is 1. The van der Waals surface area contributed by atoms with E-state index in [9.17, 15) is 0 Å². The van der Waals surface area contributed by atoms with Crippen molar-refractivity contribution in [2.75, 3.05) is 7.05 Å². The lowest BCUT2D eigenvalue weighted by Crippen LogP contribution is -2.17. The molecule has 0 spiro atoms. The van der Waals surface area contributed by atoms with Crippen molar-refractivity contribution >= 4 is 11.3 Å². The molecule has 0 aliphatic carbocycles. The van der Waals surface area contributed by atoms with Gasteiger partial charge in [-0.1, -0.05) is 0 Å². The van der Waals surface area contributed by atoms with Gasteiger partial charge >= 0.3 is 0 Å². The molecule has 0 amide bonds. The van der Waals surface area contributed by atoms with Gasteiger partial charge < -0.3 is 9.73 Å². The number of furan rings is 1. The minimum absolute atomic E-state index is 0.351. The van der Waals surface area contributed by atoms with Crippen molar-refractivity contribution in [3.63, 3.8) is 0 Å². The van der Waals surface area contributed by atoms with Gasteiger partial charge in [-0.2, -0.15) is 0 Å². The summed E-state index contributed by atoms with van der Waals surface area (Å²) in [6, 6.07) is 6.58. The van der Waals surface area contributed by atoms with Gasteiger partial charge in [0.2, 0.25) is 0 Å². The Morgan fingerprint density at radius 1 is 1.44 bits per heavy atom. The quantitative estimate of drug-likeness (QED) is 0.878. The van der Waals surface area contributed by atoms with E-state index in [1.54, 1.807) is 6.26 Å². The van der Waals surface area contributed by atoms with Gasteiger partial charge in [0.1, 0.15) is 5.76 Å². The highest BCUT2D eigenvalue weighted by Gasteiger charge is 2.14. The molecule has 2 aromatic rings. The Balaban J connectivity index is 2.16. The number of aryl methyl sites for hydroxylation is 2. The third-order valence-electron chi connectivity index (χ3n) is 2.86. The number of hydrogen-bond acceptors (Lipinski definition) is 3. The molecule has 2 nitrogen and oxygen atoms in total. The van der Waals surface area contributed by atoms with Crippen LogP contribution in [0.2, 0.25) is 0 Å². The van der Waals surface area contributed by atoms with Crippen LogP contribution >= 0.6 is 11.3 Å². The van der Waals surface area contributed by atoms with Crippen LogP contribution in [-0.4, -0.2) is 7.05 Å². The molecule has 1 N–H and O–H groups in total. The normalized spacial score (nSPS) is 12.9. The molecule has 0 radical (unpaired) electrons. The second-order valence-corrected chi connectivity index (χ2v) is 5.30. The molecule has 2 heterocycles. The van der Waals surface area contributed by atoms with E-state index in [0.717, 1.165) is 12.2 Å². The van der Waals surface area contributed by atoms with Crippen LogP contribution < -0.4 is 5.32 Å². The summed E-state index contributed by atoms with van der Waals surface area (Å²) >= 11 is 1.86. The second-order valence-electron chi connectivity index (χ2n) is 4.01. The van der Waals surface area contributed by atoms with Crippen molar-refractivity contribution in [3.05, 3.63) is 45.5 Å². The first-order valence-corrected chi connectivity index (χ1v) is 6.29. The molecular formula is C13H17NOS. The molecule has 1 atom stereocenters. The summed E-state index contributed by atoms with van der Waals surface area (Å²) in [6.07, 6.45) is 2.63. The Morgan fingerprint density at radius 3 is 2.75 bits per heavy atom. The summed E-state index contributed by atoms with van der Waals surface area (Å²) < 4.78 is 5.39. The van der Waals surface area contributed by atoms with Gasteiger partial charge in [0.25, 0.3) is 0 Å². The zero-order chi connectivity index (χ0) is 11.5. The molecule has 2 rings (SSSR count). The third kappa shape index (κ3) is 2.36. The van der Waals surface area contributed by atoms with E-state index in [1.807, 2.05) is 30.5 Å². The highest BCUT2D eigenvalue weighted by molar-refractivity contribution is 7.12. The van der Waals surface area contributed by atoms with Crippen molar-refractivity contribution in [2.45, 2.75) is 26.3 Å². The maximum Gasteiger partial charge on any atom is 0.105 e. The van der Waals surface area contributed by atoms with Crippen molar-refractivity contribution in [1.82, 2.24) is 5.32 Å². The molecule has 86 valence electrons. The zero-order valence-electron chi connectivity index (χ0n) is 9.91. The van der Waals surface area contributed by atoms with E-state index in [2.05, 4.69) is 25.2 Å². The van der Waals surface area contributed by atoms with Crippen LogP contribution in [0, 0.1) is 13.8 Å². The smallest absolute Gasteiger partial charge is 0.105 e. The van der Waals surface area contributed by atoms with Gasteiger partial charge in [-0.25, -0.2) is 0 Å². The summed E-state index contributed by atoms with van der Waals surface area (Å²) in [5, 5.41) is 3.35. The molecule has 1 unspecified atom stereocenters. The van der Waals surface area contributed by atoms with Crippen molar-refractivity contribution in [3.8, 4) is 0 Å². The lowest BCUT2D eigenvalue weighted by molar-refractivity contribution is 0.468. The Labute approximate surface area is 100 Å². The van der Waals surface area contributed by atoms with Crippen LogP contribution in [0.5, 0.6) is 0 Å². The molecular weight excluding hydrogens is 218 g/mol. The molecule has 2 aromatic heterocycles. The maximum atomic E-state index is 5.39. The SMILES string of the molecule is CNC(Cc1ccco1)c1cc(C)c(C)s1. The number of nitrogens with one attached hydrogen (secondary N) is 1. The largest absolute Gasteiger partial charge is 0.469 e. The van der Waals surface area contributed by atoms with Crippen LogP contribution in [0.4, 0.5) is 0 Å². The van der Waals surface area contributed by atoms with Crippen molar-refractivity contribution in [1.29, 1.82) is 0 Å². The summed E-state index contributed by atoms with van der Waals surface area (Å²) in [5.74, 6) is 1.03. The van der Waals surface area contributed by atoms with Gasteiger partial charge in [0.15, 0.2) is 0 Å². The van der Waals surface area contributed by atoms with Crippen LogP contribution in [0.3, 0.4) is 0 Å². The lowest BCUT2D eigenvalue weighted by atomic mass is 10.1. The van der Waals surface area contributed by atoms with Crippen LogP contribution in [0.1, 0.15) is 27.1 Å². The average Bonchev–Trinajstić information content (AvgIpc) is 2.86. The predicted octanol–water partition coefficient (Wildman–Crippen LogP) is 3.46. The van der Waals surface area contributed by atoms with E-state index in [0.29, 0.717) is 6.04 Å². The Kier molecular flexibility index (Phi) is 3.46. The molecule has 0 saturated heterocycles. The molecule has 0 aromatic carbocycles. The molecule has 0 fully saturated rings. The second kappa shape index (κ2) is 4.85. The Bertz CT molecular complexity index is 425. The van der Waals surface area contributed by atoms with Gasteiger partial charge in [0, 0.05) is 22.2 Å². The summed E-state index contributed by atoms with van der Waals surface area (Å²) in [4.78, 5) is 2.78. The minimum atomic E-state index is 0.351. The first-order chi connectivity index (χ1) is 7.70. The Hall–Kier alpha value is -1.06. The standard InChI is InChI=1S/C13H17NOS/c1-9-7-13(16-10(9)2)12(14-3)8-11-5-4-6-15-11/h4-7,12,14H,8H2,1-3H3. The monoisotopic (exact) mass is 235 g/mol. The number of likely N-dealkylation sites (N-methyl/N-ethyl adjacent to an activating group) is 1. The summed E-state index contributed by atoms with van der Waals surface area (Å²) in [6.45, 7) is 4.33. The van der Waals surface area contributed by atoms with E-state index < -0.39 is 0 Å². The lowest BCUT2D eigenvalue weighted by Gasteiger charge is -2.12. The Morgan fingerprint density at radius 2 is 2.25 bits per heavy atom. The first-order valence-electron chi connectivity index (χ1n) is 5.47. The van der Waals surface area contributed by atoms with Gasteiger partial charge in [-0.05, 0) is 44.7 Å². The predicted molar refractivity (Wildman–Crippen MR) is 68.0 cm³/mol. The molecule has 0 saturated carbocycles. The third-order valence-corrected chi connectivity index (χ3v) is 4.13. The average molecular weight is 235 g/mol. The minimum Gasteiger partial charge on any atom is -0.469 e. The fraction of sp³-hybridized carbons (Fsp3) is 0.385. The number of thiophene rings is 1. The zero-order valence-corrected chi connectivity index (χ0v) is 10.7. The highest BCUT2D eigenvalue weighted by atomic mass is 32.1. The maximum absolute atomic E-state index is 5.39. The van der Waals surface area contributed by atoms with Crippen molar-refractivity contribution in [2.24, 2.45) is 0 Å². The van der Waals surface area contributed by atoms with Crippen LogP contribution in [0.15, 0.2) is 28.9 Å². The molecule has 16 heavy (non-hydrogen) atoms. The molecule has 0 aliphatic heterocycles. The molecule has 0 bridgehead atoms. The fourth-order valence-electron chi connectivity index (χ4n) is 1.75. The first kappa shape index (κ1) is 11.4. The van der Waals surface area contributed by atoms with Gasteiger partial charge in [-0.15, -0.1) is 11.3 Å². The van der Waals surface area contributed by atoms with Gasteiger partial charge in [0.05, 0.1) is 6.26 Å². The van der Waals surface area contributed by atoms with Gasteiger partial charge in [-0.3, -0.25) is 0 Å². The number of rotatable bonds is 4. The summed E-state index contributed by atoms with van der Waals surface area (Å²) in [5.41, 5.74) is 1.37. The molecule has 0 aliphatic rings. The fourth-order valence-corrected chi connectivity index (χ4v) is 2.90. The van der Waals surface area contributed by atoms with Crippen LogP contribution in [-0.2, 0) is 6.42 Å². The molecule has 3 heteroatoms. The van der Waals surface area contributed by atoms with E-state index in [4.69, 9.17) is 4.42 Å². The van der Waals surface area contributed by atoms with Crippen molar-refractivity contribution < 1.29 is 4.42 Å². The van der Waals surface area contributed by atoms with E-state index in [1.165, 1.54) is 15.3 Å². The van der Waals surface area contributed by atoms with E-state index >= 15 is 0 Å². The van der Waals surface area contributed by atoms with Crippen LogP contribution in [0.25, 0.3) is 0 Å². The topological polar surface area (TPSA) is 25.2 Å².